The van der Waals surface area contributed by atoms with E-state index in [0.717, 1.165) is 16.0 Å². The Morgan fingerprint density at radius 2 is 1.62 bits per heavy atom. The van der Waals surface area contributed by atoms with Crippen molar-refractivity contribution in [1.82, 2.24) is 9.97 Å². The van der Waals surface area contributed by atoms with Crippen LogP contribution in [0.1, 0.15) is 16.8 Å². The van der Waals surface area contributed by atoms with Crippen LogP contribution in [0.4, 0.5) is 17.3 Å². The molecule has 0 unspecified atom stereocenters. The van der Waals surface area contributed by atoms with E-state index in [1.807, 2.05) is 19.9 Å². The van der Waals surface area contributed by atoms with E-state index in [9.17, 15) is 18.0 Å². The number of hydrogen-bond acceptors (Lipinski definition) is 7. The van der Waals surface area contributed by atoms with Crippen LogP contribution in [0.3, 0.4) is 0 Å². The highest BCUT2D eigenvalue weighted by Crippen LogP contribution is 2.31. The fraction of sp³-hybridized carbons (Fsp3) is 0.130. The molecule has 174 valence electrons. The van der Waals surface area contributed by atoms with Gasteiger partial charge in [-0.25, -0.2) is 28.0 Å². The van der Waals surface area contributed by atoms with Crippen LogP contribution in [-0.4, -0.2) is 30.2 Å². The molecule has 0 aliphatic carbocycles. The first-order valence-corrected chi connectivity index (χ1v) is 12.0. The number of benzene rings is 2. The summed E-state index contributed by atoms with van der Waals surface area (Å²) in [6.45, 7) is 5.53. The van der Waals surface area contributed by atoms with Crippen molar-refractivity contribution in [2.45, 2.75) is 25.7 Å². The standard InChI is InChI=1S/C23H20ClN5O4S/c1-13-4-7-17(12-14(13)2)29-21(30)19(24)20(22(29)31)27-16-5-8-18(9-6-16)34(32,33)28-23-25-11-10-15(3)26-23/h4-12,27H,1-3H3,(H,25,26,28). The van der Waals surface area contributed by atoms with Gasteiger partial charge in [-0.1, -0.05) is 17.7 Å². The zero-order chi connectivity index (χ0) is 24.6. The quantitative estimate of drug-likeness (QED) is 0.498. The Hall–Kier alpha value is -3.76. The Bertz CT molecular complexity index is 1450. The van der Waals surface area contributed by atoms with Crippen LogP contribution in [0, 0.1) is 20.8 Å². The molecule has 0 saturated carbocycles. The van der Waals surface area contributed by atoms with Crippen LogP contribution in [0.25, 0.3) is 0 Å². The molecule has 11 heteroatoms. The number of nitrogens with zero attached hydrogens (tertiary/aromatic N) is 3. The molecule has 2 N–H and O–H groups in total. The molecule has 1 aliphatic heterocycles. The van der Waals surface area contributed by atoms with Gasteiger partial charge in [0.2, 0.25) is 5.95 Å². The molecule has 3 aromatic rings. The Morgan fingerprint density at radius 1 is 0.912 bits per heavy atom. The summed E-state index contributed by atoms with van der Waals surface area (Å²) in [7, 11) is -3.93. The van der Waals surface area contributed by atoms with Crippen LogP contribution in [0.15, 0.2) is 70.4 Å². The monoisotopic (exact) mass is 497 g/mol. The van der Waals surface area contributed by atoms with E-state index in [1.165, 1.54) is 30.5 Å². The molecule has 2 amide bonds. The number of aromatic nitrogens is 2. The average Bonchev–Trinajstić information content (AvgIpc) is 2.99. The van der Waals surface area contributed by atoms with Crippen molar-refractivity contribution < 1.29 is 18.0 Å². The third kappa shape index (κ3) is 4.50. The van der Waals surface area contributed by atoms with Crippen LogP contribution in [-0.2, 0) is 19.6 Å². The highest BCUT2D eigenvalue weighted by molar-refractivity contribution is 7.92. The van der Waals surface area contributed by atoms with Crippen LogP contribution < -0.4 is 14.9 Å². The second-order valence-electron chi connectivity index (χ2n) is 7.68. The number of aryl methyl sites for hydroxylation is 3. The third-order valence-electron chi connectivity index (χ3n) is 5.23. The van der Waals surface area contributed by atoms with Gasteiger partial charge in [0, 0.05) is 17.6 Å². The average molecular weight is 498 g/mol. The van der Waals surface area contributed by atoms with Gasteiger partial charge in [-0.2, -0.15) is 0 Å². The molecule has 4 rings (SSSR count). The Labute approximate surface area is 201 Å². The van der Waals surface area contributed by atoms with Crippen LogP contribution >= 0.6 is 11.6 Å². The molecular weight excluding hydrogens is 478 g/mol. The number of anilines is 3. The van der Waals surface area contributed by atoms with E-state index in [0.29, 0.717) is 17.1 Å². The number of nitrogens with one attached hydrogen (secondary N) is 2. The molecular formula is C23H20ClN5O4S. The number of imide groups is 1. The van der Waals surface area contributed by atoms with Crippen molar-refractivity contribution in [2.24, 2.45) is 0 Å². The molecule has 34 heavy (non-hydrogen) atoms. The summed E-state index contributed by atoms with van der Waals surface area (Å²) in [5.74, 6) is -1.28. The largest absolute Gasteiger partial charge is 0.350 e. The molecule has 0 spiro atoms. The summed E-state index contributed by atoms with van der Waals surface area (Å²) in [6, 6.07) is 12.5. The second-order valence-corrected chi connectivity index (χ2v) is 9.74. The number of amides is 2. The Balaban J connectivity index is 1.53. The molecule has 0 radical (unpaired) electrons. The van der Waals surface area contributed by atoms with Crippen molar-refractivity contribution in [3.05, 3.63) is 82.3 Å². The van der Waals surface area contributed by atoms with E-state index in [4.69, 9.17) is 11.6 Å². The first-order chi connectivity index (χ1) is 16.1. The summed E-state index contributed by atoms with van der Waals surface area (Å²) in [5.41, 5.74) is 3.27. The molecule has 1 aromatic heterocycles. The van der Waals surface area contributed by atoms with Gasteiger partial charge >= 0.3 is 0 Å². The van der Waals surface area contributed by atoms with Gasteiger partial charge in [-0.3, -0.25) is 9.59 Å². The number of rotatable bonds is 6. The second kappa shape index (κ2) is 8.88. The van der Waals surface area contributed by atoms with E-state index >= 15 is 0 Å². The highest BCUT2D eigenvalue weighted by Gasteiger charge is 2.39. The van der Waals surface area contributed by atoms with E-state index < -0.39 is 21.8 Å². The fourth-order valence-electron chi connectivity index (χ4n) is 3.25. The molecule has 2 heterocycles. The maximum Gasteiger partial charge on any atom is 0.283 e. The lowest BCUT2D eigenvalue weighted by atomic mass is 10.1. The minimum Gasteiger partial charge on any atom is -0.350 e. The lowest BCUT2D eigenvalue weighted by Crippen LogP contribution is -2.32. The highest BCUT2D eigenvalue weighted by atomic mass is 35.5. The molecule has 9 nitrogen and oxygen atoms in total. The lowest BCUT2D eigenvalue weighted by Gasteiger charge is -2.16. The maximum atomic E-state index is 13.0. The molecule has 2 aromatic carbocycles. The van der Waals surface area contributed by atoms with Gasteiger partial charge in [0.1, 0.15) is 10.7 Å². The number of hydrogen-bond donors (Lipinski definition) is 2. The number of sulfonamides is 1. The minimum absolute atomic E-state index is 0.0335. The Morgan fingerprint density at radius 3 is 2.26 bits per heavy atom. The molecule has 0 saturated heterocycles. The van der Waals surface area contributed by atoms with Gasteiger partial charge in [0.25, 0.3) is 21.8 Å². The predicted octanol–water partition coefficient (Wildman–Crippen LogP) is 3.64. The normalized spacial score (nSPS) is 14.1. The van der Waals surface area contributed by atoms with Crippen molar-refractivity contribution in [3.8, 4) is 0 Å². The van der Waals surface area contributed by atoms with Gasteiger partial charge in [-0.05, 0) is 74.4 Å². The third-order valence-corrected chi connectivity index (χ3v) is 6.93. The fourth-order valence-corrected chi connectivity index (χ4v) is 4.41. The summed E-state index contributed by atoms with van der Waals surface area (Å²) >= 11 is 6.18. The molecule has 0 bridgehead atoms. The van der Waals surface area contributed by atoms with E-state index in [-0.39, 0.29) is 21.6 Å². The molecule has 0 fully saturated rings. The SMILES string of the molecule is Cc1ccnc(NS(=O)(=O)c2ccc(NC3=C(Cl)C(=O)N(c4ccc(C)c(C)c4)C3=O)cc2)n1. The first kappa shape index (κ1) is 23.4. The van der Waals surface area contributed by atoms with E-state index in [1.54, 1.807) is 25.1 Å². The lowest BCUT2D eigenvalue weighted by molar-refractivity contribution is -0.120. The molecule has 0 atom stereocenters. The minimum atomic E-state index is -3.93. The smallest absolute Gasteiger partial charge is 0.283 e. The number of halogens is 1. The van der Waals surface area contributed by atoms with Crippen LogP contribution in [0.2, 0.25) is 0 Å². The summed E-state index contributed by atoms with van der Waals surface area (Å²) in [5, 5.41) is 2.58. The maximum absolute atomic E-state index is 13.0. The zero-order valence-electron chi connectivity index (χ0n) is 18.5. The van der Waals surface area contributed by atoms with Gasteiger partial charge in [-0.15, -0.1) is 0 Å². The van der Waals surface area contributed by atoms with Crippen molar-refractivity contribution in [3.63, 3.8) is 0 Å². The van der Waals surface area contributed by atoms with E-state index in [2.05, 4.69) is 20.0 Å². The zero-order valence-corrected chi connectivity index (χ0v) is 20.0. The summed E-state index contributed by atoms with van der Waals surface area (Å²) in [6.07, 6.45) is 1.45. The van der Waals surface area contributed by atoms with Gasteiger partial charge in [0.15, 0.2) is 0 Å². The number of carbonyl (C=O) groups excluding carboxylic acids is 2. The summed E-state index contributed by atoms with van der Waals surface area (Å²) in [4.78, 5) is 34.5. The van der Waals surface area contributed by atoms with Gasteiger partial charge < -0.3 is 5.32 Å². The van der Waals surface area contributed by atoms with Crippen molar-refractivity contribution >= 4 is 50.8 Å². The Kier molecular flexibility index (Phi) is 6.11. The first-order valence-electron chi connectivity index (χ1n) is 10.1. The van der Waals surface area contributed by atoms with Crippen molar-refractivity contribution in [2.75, 3.05) is 14.9 Å². The van der Waals surface area contributed by atoms with Crippen LogP contribution in [0.5, 0.6) is 0 Å². The predicted molar refractivity (Wildman–Crippen MR) is 129 cm³/mol. The van der Waals surface area contributed by atoms with Crippen molar-refractivity contribution in [1.29, 1.82) is 0 Å². The summed E-state index contributed by atoms with van der Waals surface area (Å²) < 4.78 is 27.6. The number of carbonyl (C=O) groups is 2. The topological polar surface area (TPSA) is 121 Å². The van der Waals surface area contributed by atoms with Gasteiger partial charge in [0.05, 0.1) is 10.6 Å². The molecule has 1 aliphatic rings.